The maximum absolute atomic E-state index is 12.6. The Balaban J connectivity index is 1.68. The van der Waals surface area contributed by atoms with Gasteiger partial charge in [0.25, 0.3) is 15.9 Å². The third-order valence-corrected chi connectivity index (χ3v) is 8.78. The number of rotatable bonds is 3. The molecule has 1 aliphatic heterocycles. The Labute approximate surface area is 154 Å². The van der Waals surface area contributed by atoms with E-state index in [2.05, 4.69) is 0 Å². The van der Waals surface area contributed by atoms with Gasteiger partial charge in [-0.2, -0.15) is 4.31 Å². The van der Waals surface area contributed by atoms with Crippen molar-refractivity contribution in [3.05, 3.63) is 37.9 Å². The van der Waals surface area contributed by atoms with Gasteiger partial charge in [-0.05, 0) is 37.6 Å². The minimum Gasteiger partial charge on any atom is -0.335 e. The summed E-state index contributed by atoms with van der Waals surface area (Å²) in [7, 11) is -3.53. The van der Waals surface area contributed by atoms with Crippen LogP contribution in [0.3, 0.4) is 0 Å². The lowest BCUT2D eigenvalue weighted by atomic mass is 10.2. The number of aryl methyl sites for hydroxylation is 2. The van der Waals surface area contributed by atoms with Crippen LogP contribution in [0.2, 0.25) is 4.34 Å². The molecule has 0 saturated carbocycles. The summed E-state index contributed by atoms with van der Waals surface area (Å²) in [5.74, 6) is -0.0209. The number of carbonyl (C=O) groups excluding carboxylic acids is 1. The lowest BCUT2D eigenvalue weighted by Gasteiger charge is -2.33. The van der Waals surface area contributed by atoms with E-state index in [-0.39, 0.29) is 10.1 Å². The number of halogens is 1. The monoisotopic (exact) mass is 404 g/mol. The van der Waals surface area contributed by atoms with Crippen molar-refractivity contribution < 1.29 is 13.2 Å². The molecule has 3 heterocycles. The third-order valence-electron chi connectivity index (χ3n) is 4.05. The van der Waals surface area contributed by atoms with Crippen molar-refractivity contribution in [1.82, 2.24) is 9.21 Å². The zero-order chi connectivity index (χ0) is 17.5. The van der Waals surface area contributed by atoms with Gasteiger partial charge in [0.05, 0.1) is 9.21 Å². The summed E-state index contributed by atoms with van der Waals surface area (Å²) in [6.45, 7) is 5.37. The average Bonchev–Trinajstić information content (AvgIpc) is 3.13. The molecule has 0 atom stereocenters. The molecule has 1 fully saturated rings. The smallest absolute Gasteiger partial charge is 0.264 e. The first-order chi connectivity index (χ1) is 11.3. The number of hydrogen-bond donors (Lipinski definition) is 0. The Morgan fingerprint density at radius 1 is 1.12 bits per heavy atom. The molecule has 1 amide bonds. The molecule has 0 aromatic carbocycles. The molecule has 0 radical (unpaired) electrons. The average molecular weight is 405 g/mol. The van der Waals surface area contributed by atoms with Crippen LogP contribution in [0.1, 0.15) is 20.1 Å². The number of nitrogens with zero attached hydrogens (tertiary/aromatic N) is 2. The van der Waals surface area contributed by atoms with Gasteiger partial charge in [-0.1, -0.05) is 11.6 Å². The standard InChI is InChI=1S/C15H17ClN2O3S3/c1-10-9-12(22-11(10)2)15(19)17-5-7-18(8-6-17)24(20,21)14-4-3-13(16)23-14/h3-4,9H,5-8H2,1-2H3. The molecular weight excluding hydrogens is 388 g/mol. The largest absolute Gasteiger partial charge is 0.335 e. The Morgan fingerprint density at radius 2 is 1.79 bits per heavy atom. The second kappa shape index (κ2) is 6.76. The lowest BCUT2D eigenvalue weighted by Crippen LogP contribution is -2.50. The van der Waals surface area contributed by atoms with Crippen LogP contribution in [-0.2, 0) is 10.0 Å². The van der Waals surface area contributed by atoms with E-state index < -0.39 is 10.0 Å². The zero-order valence-corrected chi connectivity index (χ0v) is 16.5. The summed E-state index contributed by atoms with van der Waals surface area (Å²) in [5, 5.41) is 0. The molecular formula is C15H17ClN2O3S3. The van der Waals surface area contributed by atoms with Gasteiger partial charge in [0.15, 0.2) is 0 Å². The number of amides is 1. The third kappa shape index (κ3) is 3.39. The van der Waals surface area contributed by atoms with Crippen molar-refractivity contribution in [2.45, 2.75) is 18.1 Å². The molecule has 3 rings (SSSR count). The van der Waals surface area contributed by atoms with Crippen molar-refractivity contribution in [3.8, 4) is 0 Å². The number of carbonyl (C=O) groups is 1. The molecule has 0 bridgehead atoms. The number of sulfonamides is 1. The first-order valence-electron chi connectivity index (χ1n) is 7.41. The molecule has 2 aromatic heterocycles. The molecule has 2 aromatic rings. The molecule has 0 spiro atoms. The van der Waals surface area contributed by atoms with E-state index in [1.165, 1.54) is 21.7 Å². The fourth-order valence-corrected chi connectivity index (χ4v) is 6.59. The Morgan fingerprint density at radius 3 is 2.29 bits per heavy atom. The van der Waals surface area contributed by atoms with Gasteiger partial charge in [-0.25, -0.2) is 8.42 Å². The Kier molecular flexibility index (Phi) is 5.04. The highest BCUT2D eigenvalue weighted by atomic mass is 35.5. The predicted octanol–water partition coefficient (Wildman–Crippen LogP) is 3.23. The van der Waals surface area contributed by atoms with E-state index in [0.717, 1.165) is 21.8 Å². The summed E-state index contributed by atoms with van der Waals surface area (Å²) in [6.07, 6.45) is 0. The van der Waals surface area contributed by atoms with Gasteiger partial charge in [0, 0.05) is 31.1 Å². The highest BCUT2D eigenvalue weighted by Crippen LogP contribution is 2.29. The fraction of sp³-hybridized carbons (Fsp3) is 0.400. The minimum absolute atomic E-state index is 0.0209. The van der Waals surface area contributed by atoms with Crippen LogP contribution < -0.4 is 0 Å². The summed E-state index contributed by atoms with van der Waals surface area (Å²) in [4.78, 5) is 16.1. The first-order valence-corrected chi connectivity index (χ1v) is 10.9. The molecule has 1 saturated heterocycles. The first kappa shape index (κ1) is 17.9. The molecule has 130 valence electrons. The maximum Gasteiger partial charge on any atom is 0.264 e. The molecule has 0 aliphatic carbocycles. The van der Waals surface area contributed by atoms with Crippen molar-refractivity contribution in [3.63, 3.8) is 0 Å². The zero-order valence-electron chi connectivity index (χ0n) is 13.3. The van der Waals surface area contributed by atoms with Gasteiger partial charge in [-0.15, -0.1) is 22.7 Å². The molecule has 1 aliphatic rings. The maximum atomic E-state index is 12.6. The summed E-state index contributed by atoms with van der Waals surface area (Å²) in [5.41, 5.74) is 1.11. The second-order valence-corrected chi connectivity index (χ2v) is 10.7. The van der Waals surface area contributed by atoms with Gasteiger partial charge in [-0.3, -0.25) is 4.79 Å². The Bertz CT molecular complexity index is 845. The van der Waals surface area contributed by atoms with Crippen LogP contribution in [0.5, 0.6) is 0 Å². The summed E-state index contributed by atoms with van der Waals surface area (Å²) < 4.78 is 27.3. The van der Waals surface area contributed by atoms with Gasteiger partial charge in [0.1, 0.15) is 4.21 Å². The lowest BCUT2D eigenvalue weighted by molar-refractivity contribution is 0.0703. The van der Waals surface area contributed by atoms with E-state index in [1.807, 2.05) is 19.9 Å². The van der Waals surface area contributed by atoms with E-state index in [1.54, 1.807) is 11.0 Å². The quantitative estimate of drug-likeness (QED) is 0.789. The summed E-state index contributed by atoms with van der Waals surface area (Å²) in [6, 6.07) is 5.01. The van der Waals surface area contributed by atoms with E-state index >= 15 is 0 Å². The van der Waals surface area contributed by atoms with Gasteiger partial charge >= 0.3 is 0 Å². The fourth-order valence-electron chi connectivity index (χ4n) is 2.53. The van der Waals surface area contributed by atoms with Crippen LogP contribution in [0.4, 0.5) is 0 Å². The predicted molar refractivity (Wildman–Crippen MR) is 97.8 cm³/mol. The van der Waals surface area contributed by atoms with Crippen LogP contribution in [-0.4, -0.2) is 49.7 Å². The van der Waals surface area contributed by atoms with Crippen molar-refractivity contribution >= 4 is 50.2 Å². The molecule has 5 nitrogen and oxygen atoms in total. The number of thiophene rings is 2. The highest BCUT2D eigenvalue weighted by molar-refractivity contribution is 7.91. The topological polar surface area (TPSA) is 57.7 Å². The van der Waals surface area contributed by atoms with Crippen LogP contribution in [0.25, 0.3) is 0 Å². The molecule has 0 N–H and O–H groups in total. The van der Waals surface area contributed by atoms with E-state index in [0.29, 0.717) is 35.4 Å². The van der Waals surface area contributed by atoms with Crippen molar-refractivity contribution in [2.24, 2.45) is 0 Å². The minimum atomic E-state index is -3.53. The van der Waals surface area contributed by atoms with Crippen molar-refractivity contribution in [2.75, 3.05) is 26.2 Å². The molecule has 9 heteroatoms. The second-order valence-electron chi connectivity index (χ2n) is 5.60. The van der Waals surface area contributed by atoms with Crippen LogP contribution >= 0.6 is 34.3 Å². The highest BCUT2D eigenvalue weighted by Gasteiger charge is 2.31. The number of hydrogen-bond acceptors (Lipinski definition) is 5. The van der Waals surface area contributed by atoms with Crippen LogP contribution in [0, 0.1) is 13.8 Å². The SMILES string of the molecule is Cc1cc(C(=O)N2CCN(S(=O)(=O)c3ccc(Cl)s3)CC2)sc1C. The van der Waals surface area contributed by atoms with Gasteiger partial charge in [0.2, 0.25) is 0 Å². The molecule has 0 unspecified atom stereocenters. The normalized spacial score (nSPS) is 16.5. The van der Waals surface area contributed by atoms with Crippen LogP contribution in [0.15, 0.2) is 22.4 Å². The Hall–Kier alpha value is -0.930. The van der Waals surface area contributed by atoms with E-state index in [4.69, 9.17) is 11.6 Å². The van der Waals surface area contributed by atoms with E-state index in [9.17, 15) is 13.2 Å². The summed E-state index contributed by atoms with van der Waals surface area (Å²) >= 11 is 8.38. The number of piperazine rings is 1. The van der Waals surface area contributed by atoms with Gasteiger partial charge < -0.3 is 4.90 Å². The molecule has 24 heavy (non-hydrogen) atoms. The van der Waals surface area contributed by atoms with Crippen molar-refractivity contribution in [1.29, 1.82) is 0 Å².